The first-order chi connectivity index (χ1) is 8.88. The average molecular weight is 289 g/mol. The maximum atomic E-state index is 2.30. The molecule has 18 heavy (non-hydrogen) atoms. The Labute approximate surface area is 123 Å². The van der Waals surface area contributed by atoms with Crippen LogP contribution in [-0.4, -0.2) is 10.5 Å². The summed E-state index contributed by atoms with van der Waals surface area (Å²) < 4.78 is 0. The summed E-state index contributed by atoms with van der Waals surface area (Å²) in [7, 11) is 4.32. The quantitative estimate of drug-likeness (QED) is 0.285. The first-order valence-electron chi connectivity index (χ1n) is 8.20. The van der Waals surface area contributed by atoms with E-state index in [1.165, 1.54) is 77.0 Å². The van der Waals surface area contributed by atoms with E-state index in [2.05, 4.69) is 35.4 Å². The van der Waals surface area contributed by atoms with Crippen LogP contribution in [0.4, 0.5) is 0 Å². The van der Waals surface area contributed by atoms with Gasteiger partial charge in [-0.25, -0.2) is 0 Å². The third-order valence-corrected chi connectivity index (χ3v) is 7.62. The molecule has 0 aromatic rings. The number of rotatable bonds is 12. The van der Waals surface area contributed by atoms with Crippen molar-refractivity contribution in [2.45, 2.75) is 101 Å². The molecule has 1 saturated heterocycles. The van der Waals surface area contributed by atoms with Crippen molar-refractivity contribution in [2.75, 3.05) is 0 Å². The molecule has 1 aliphatic heterocycles. The highest BCUT2D eigenvalue weighted by molar-refractivity contribution is 8.80. The largest absolute Gasteiger partial charge is 0.0892 e. The van der Waals surface area contributed by atoms with Crippen LogP contribution in [0.2, 0.25) is 0 Å². The molecule has 0 aromatic heterocycles. The van der Waals surface area contributed by atoms with E-state index in [1.807, 2.05) is 0 Å². The smallest absolute Gasteiger partial charge is 0.0278 e. The minimum absolute atomic E-state index is 1.00. The second-order valence-corrected chi connectivity index (χ2v) is 8.43. The molecule has 0 nitrogen and oxygen atoms in total. The molecular formula is C16H32S2. The summed E-state index contributed by atoms with van der Waals surface area (Å²) >= 11 is 0. The van der Waals surface area contributed by atoms with Gasteiger partial charge in [-0.1, -0.05) is 99.6 Å². The van der Waals surface area contributed by atoms with Crippen LogP contribution in [-0.2, 0) is 0 Å². The number of unbranched alkanes of at least 4 members (excludes halogenated alkanes) is 8. The van der Waals surface area contributed by atoms with Gasteiger partial charge in [0.05, 0.1) is 0 Å². The van der Waals surface area contributed by atoms with Crippen LogP contribution < -0.4 is 0 Å². The Hall–Kier alpha value is 0.700. The van der Waals surface area contributed by atoms with E-state index in [9.17, 15) is 0 Å². The lowest BCUT2D eigenvalue weighted by Crippen LogP contribution is -2.26. The van der Waals surface area contributed by atoms with Gasteiger partial charge >= 0.3 is 0 Å². The predicted molar refractivity (Wildman–Crippen MR) is 89.5 cm³/mol. The molecule has 0 N–H and O–H groups in total. The van der Waals surface area contributed by atoms with Gasteiger partial charge in [-0.15, -0.1) is 0 Å². The maximum absolute atomic E-state index is 2.30. The summed E-state index contributed by atoms with van der Waals surface area (Å²) in [4.78, 5) is 0. The topological polar surface area (TPSA) is 0 Å². The van der Waals surface area contributed by atoms with Gasteiger partial charge in [0, 0.05) is 10.5 Å². The molecule has 0 aromatic carbocycles. The molecule has 1 fully saturated rings. The monoisotopic (exact) mass is 288 g/mol. The average Bonchev–Trinajstić information content (AvgIpc) is 2.36. The lowest BCUT2D eigenvalue weighted by atomic mass is 10.0. The molecule has 1 aliphatic rings. The summed E-state index contributed by atoms with van der Waals surface area (Å²) in [5, 5.41) is 2.01. The normalized spacial score (nSPS) is 23.0. The Morgan fingerprint density at radius 1 is 0.556 bits per heavy atom. The Bertz CT molecular complexity index is 162. The molecule has 0 spiro atoms. The molecule has 2 heteroatoms. The first-order valence-corrected chi connectivity index (χ1v) is 10.5. The third kappa shape index (κ3) is 7.33. The highest BCUT2D eigenvalue weighted by Gasteiger charge is 2.31. The molecular weight excluding hydrogens is 256 g/mol. The zero-order valence-corrected chi connectivity index (χ0v) is 14.1. The van der Waals surface area contributed by atoms with E-state index in [0.29, 0.717) is 0 Å². The van der Waals surface area contributed by atoms with Crippen LogP contribution in [0.1, 0.15) is 90.9 Å². The molecule has 108 valence electrons. The number of hydrogen-bond donors (Lipinski definition) is 0. The molecule has 0 amide bonds. The van der Waals surface area contributed by atoms with Crippen molar-refractivity contribution < 1.29 is 0 Å². The van der Waals surface area contributed by atoms with Gasteiger partial charge in [-0.3, -0.25) is 0 Å². The zero-order valence-electron chi connectivity index (χ0n) is 12.5. The minimum atomic E-state index is 1.00. The standard InChI is InChI=1S/C16H32S2/c1-3-5-7-9-11-13-15-16(18-17-15)14-12-10-8-6-4-2/h15-16H,3-14H2,1-2H3. The van der Waals surface area contributed by atoms with Gasteiger partial charge in [-0.2, -0.15) is 0 Å². The van der Waals surface area contributed by atoms with Crippen molar-refractivity contribution in [3.63, 3.8) is 0 Å². The van der Waals surface area contributed by atoms with Crippen LogP contribution >= 0.6 is 21.6 Å². The van der Waals surface area contributed by atoms with Crippen LogP contribution in [0.25, 0.3) is 0 Å². The first kappa shape index (κ1) is 16.8. The molecule has 1 rings (SSSR count). The maximum Gasteiger partial charge on any atom is 0.0278 e. The fourth-order valence-electron chi connectivity index (χ4n) is 2.58. The van der Waals surface area contributed by atoms with Gasteiger partial charge < -0.3 is 0 Å². The molecule has 1 heterocycles. The van der Waals surface area contributed by atoms with E-state index >= 15 is 0 Å². The number of hydrogen-bond acceptors (Lipinski definition) is 2. The lowest BCUT2D eigenvalue weighted by Gasteiger charge is -2.35. The Balaban J connectivity index is 1.89. The lowest BCUT2D eigenvalue weighted by molar-refractivity contribution is 0.552. The second-order valence-electron chi connectivity index (χ2n) is 5.68. The minimum Gasteiger partial charge on any atom is -0.0892 e. The van der Waals surface area contributed by atoms with Crippen molar-refractivity contribution >= 4 is 21.6 Å². The molecule has 2 unspecified atom stereocenters. The third-order valence-electron chi connectivity index (χ3n) is 3.90. The van der Waals surface area contributed by atoms with E-state index in [4.69, 9.17) is 0 Å². The zero-order chi connectivity index (χ0) is 13.1. The SMILES string of the molecule is CCCCCCCC1SSC1CCCCCCC. The Morgan fingerprint density at radius 2 is 0.944 bits per heavy atom. The van der Waals surface area contributed by atoms with Crippen molar-refractivity contribution in [1.82, 2.24) is 0 Å². The van der Waals surface area contributed by atoms with Crippen LogP contribution in [0.15, 0.2) is 0 Å². The van der Waals surface area contributed by atoms with Gasteiger partial charge in [0.15, 0.2) is 0 Å². The Kier molecular flexibility index (Phi) is 10.7. The van der Waals surface area contributed by atoms with Gasteiger partial charge in [0.2, 0.25) is 0 Å². The second kappa shape index (κ2) is 11.5. The van der Waals surface area contributed by atoms with Crippen molar-refractivity contribution in [2.24, 2.45) is 0 Å². The van der Waals surface area contributed by atoms with Gasteiger partial charge in [0.25, 0.3) is 0 Å². The van der Waals surface area contributed by atoms with Gasteiger partial charge in [0.1, 0.15) is 0 Å². The van der Waals surface area contributed by atoms with Gasteiger partial charge in [-0.05, 0) is 12.8 Å². The molecule has 0 saturated carbocycles. The molecule has 2 atom stereocenters. The fraction of sp³-hybridized carbons (Fsp3) is 1.00. The van der Waals surface area contributed by atoms with E-state index in [-0.39, 0.29) is 0 Å². The predicted octanol–water partition coefficient (Wildman–Crippen LogP) is 6.84. The van der Waals surface area contributed by atoms with E-state index < -0.39 is 0 Å². The molecule has 0 bridgehead atoms. The van der Waals surface area contributed by atoms with Crippen LogP contribution in [0.3, 0.4) is 0 Å². The summed E-state index contributed by atoms with van der Waals surface area (Å²) in [6.07, 6.45) is 17.4. The fourth-order valence-corrected chi connectivity index (χ4v) is 5.66. The van der Waals surface area contributed by atoms with Crippen molar-refractivity contribution in [3.05, 3.63) is 0 Å². The molecule has 0 radical (unpaired) electrons. The Morgan fingerprint density at radius 3 is 1.28 bits per heavy atom. The highest BCUT2D eigenvalue weighted by Crippen LogP contribution is 2.51. The molecule has 0 aliphatic carbocycles. The van der Waals surface area contributed by atoms with Crippen molar-refractivity contribution in [3.8, 4) is 0 Å². The summed E-state index contributed by atoms with van der Waals surface area (Å²) in [6.45, 7) is 4.60. The van der Waals surface area contributed by atoms with Crippen molar-refractivity contribution in [1.29, 1.82) is 0 Å². The van der Waals surface area contributed by atoms with E-state index in [0.717, 1.165) is 10.5 Å². The summed E-state index contributed by atoms with van der Waals surface area (Å²) in [6, 6.07) is 0. The highest BCUT2D eigenvalue weighted by atomic mass is 33.1. The van der Waals surface area contributed by atoms with Crippen LogP contribution in [0, 0.1) is 0 Å². The summed E-state index contributed by atoms with van der Waals surface area (Å²) in [5.41, 5.74) is 0. The van der Waals surface area contributed by atoms with Crippen LogP contribution in [0.5, 0.6) is 0 Å². The van der Waals surface area contributed by atoms with E-state index in [1.54, 1.807) is 0 Å². The summed E-state index contributed by atoms with van der Waals surface area (Å²) in [5.74, 6) is 0.